The third-order valence-corrected chi connectivity index (χ3v) is 6.43. The molecular weight excluding hydrogens is 412 g/mol. The summed E-state index contributed by atoms with van der Waals surface area (Å²) in [5.74, 6) is -0.186. The zero-order valence-electron chi connectivity index (χ0n) is 18.6. The van der Waals surface area contributed by atoms with E-state index in [0.29, 0.717) is 12.2 Å². The predicted molar refractivity (Wildman–Crippen MR) is 130 cm³/mol. The second kappa shape index (κ2) is 9.57. The Morgan fingerprint density at radius 2 is 1.36 bits per heavy atom. The van der Waals surface area contributed by atoms with Crippen LogP contribution in [0.3, 0.4) is 0 Å². The molecule has 1 saturated heterocycles. The van der Waals surface area contributed by atoms with Crippen LogP contribution in [0.4, 0.5) is 11.4 Å². The van der Waals surface area contributed by atoms with Crippen LogP contribution in [0.2, 0.25) is 0 Å². The van der Waals surface area contributed by atoms with Crippen LogP contribution in [0.15, 0.2) is 84.9 Å². The fraction of sp³-hybridized carbons (Fsp3) is 0.259. The summed E-state index contributed by atoms with van der Waals surface area (Å²) in [6, 6.07) is 28.9. The van der Waals surface area contributed by atoms with E-state index < -0.39 is 0 Å². The lowest BCUT2D eigenvalue weighted by Gasteiger charge is -2.40. The molecule has 2 aliphatic heterocycles. The van der Waals surface area contributed by atoms with Gasteiger partial charge in [-0.2, -0.15) is 0 Å². The van der Waals surface area contributed by atoms with Crippen molar-refractivity contribution in [3.05, 3.63) is 96.1 Å². The number of hydrogen-bond acceptors (Lipinski definition) is 4. The van der Waals surface area contributed by atoms with Gasteiger partial charge in [-0.05, 0) is 23.3 Å². The Kier molecular flexibility index (Phi) is 6.19. The summed E-state index contributed by atoms with van der Waals surface area (Å²) >= 11 is 0. The van der Waals surface area contributed by atoms with Crippen molar-refractivity contribution in [3.8, 4) is 0 Å². The van der Waals surface area contributed by atoms with Crippen molar-refractivity contribution >= 4 is 23.2 Å². The summed E-state index contributed by atoms with van der Waals surface area (Å²) in [7, 11) is 0. The van der Waals surface area contributed by atoms with E-state index in [0.717, 1.165) is 31.9 Å². The first-order valence-corrected chi connectivity index (χ1v) is 11.4. The highest BCUT2D eigenvalue weighted by Crippen LogP contribution is 2.31. The minimum absolute atomic E-state index is 0.0339. The van der Waals surface area contributed by atoms with Gasteiger partial charge in [-0.25, -0.2) is 0 Å². The molecule has 1 N–H and O–H groups in total. The number of para-hydroxylation sites is 2. The molecule has 0 spiro atoms. The third-order valence-electron chi connectivity index (χ3n) is 6.43. The van der Waals surface area contributed by atoms with Gasteiger partial charge in [0.1, 0.15) is 6.54 Å². The molecule has 2 amide bonds. The molecule has 33 heavy (non-hydrogen) atoms. The maximum Gasteiger partial charge on any atom is 0.244 e. The minimum Gasteiger partial charge on any atom is -0.323 e. The number of rotatable bonds is 5. The highest BCUT2D eigenvalue weighted by atomic mass is 16.2. The normalized spacial score (nSPS) is 17.0. The van der Waals surface area contributed by atoms with Gasteiger partial charge in [0.2, 0.25) is 11.8 Å². The first-order valence-electron chi connectivity index (χ1n) is 11.4. The van der Waals surface area contributed by atoms with Gasteiger partial charge in [-0.3, -0.25) is 24.3 Å². The molecular formula is C27H28N4O2. The lowest BCUT2D eigenvalue weighted by Crippen LogP contribution is -2.52. The fourth-order valence-corrected chi connectivity index (χ4v) is 4.80. The molecule has 0 aliphatic carbocycles. The second-order valence-electron chi connectivity index (χ2n) is 8.58. The Hall–Kier alpha value is -3.48. The Labute approximate surface area is 194 Å². The van der Waals surface area contributed by atoms with Gasteiger partial charge in [0.05, 0.1) is 24.0 Å². The molecule has 0 bridgehead atoms. The van der Waals surface area contributed by atoms with Gasteiger partial charge in [-0.15, -0.1) is 0 Å². The summed E-state index contributed by atoms with van der Waals surface area (Å²) in [5, 5.41) is 2.84. The highest BCUT2D eigenvalue weighted by Gasteiger charge is 2.30. The first kappa shape index (κ1) is 21.4. The van der Waals surface area contributed by atoms with E-state index in [-0.39, 0.29) is 24.4 Å². The maximum atomic E-state index is 13.1. The van der Waals surface area contributed by atoms with E-state index in [1.165, 1.54) is 11.1 Å². The van der Waals surface area contributed by atoms with Crippen LogP contribution in [0.25, 0.3) is 0 Å². The first-order chi connectivity index (χ1) is 16.2. The van der Waals surface area contributed by atoms with Gasteiger partial charge in [0.15, 0.2) is 0 Å². The monoisotopic (exact) mass is 440 g/mol. The van der Waals surface area contributed by atoms with Crippen LogP contribution in [0.1, 0.15) is 17.2 Å². The number of fused-ring (bicyclic) bond motifs is 1. The quantitative estimate of drug-likeness (QED) is 0.661. The van der Waals surface area contributed by atoms with Crippen LogP contribution in [0.5, 0.6) is 0 Å². The molecule has 1 fully saturated rings. The lowest BCUT2D eigenvalue weighted by molar-refractivity contribution is -0.123. The van der Waals surface area contributed by atoms with Crippen LogP contribution in [-0.2, 0) is 9.59 Å². The zero-order chi connectivity index (χ0) is 22.6. The molecule has 0 aromatic heterocycles. The Balaban J connectivity index is 1.26. The average molecular weight is 441 g/mol. The van der Waals surface area contributed by atoms with Crippen molar-refractivity contribution in [3.63, 3.8) is 0 Å². The third kappa shape index (κ3) is 4.67. The zero-order valence-corrected chi connectivity index (χ0v) is 18.6. The van der Waals surface area contributed by atoms with Crippen LogP contribution < -0.4 is 10.2 Å². The van der Waals surface area contributed by atoms with E-state index in [4.69, 9.17) is 0 Å². The average Bonchev–Trinajstić information content (AvgIpc) is 2.86. The number of anilines is 2. The number of benzene rings is 3. The summed E-state index contributed by atoms with van der Waals surface area (Å²) in [4.78, 5) is 31.5. The SMILES string of the molecule is O=C1CN(C(=O)CN2CCN(C(c3ccccc3)c3ccccc3)CC2)c2ccccc2N1. The smallest absolute Gasteiger partial charge is 0.244 e. The summed E-state index contributed by atoms with van der Waals surface area (Å²) in [6.07, 6.45) is 0. The molecule has 3 aromatic rings. The van der Waals surface area contributed by atoms with Crippen molar-refractivity contribution in [1.82, 2.24) is 9.80 Å². The van der Waals surface area contributed by atoms with E-state index >= 15 is 0 Å². The van der Waals surface area contributed by atoms with Crippen molar-refractivity contribution in [1.29, 1.82) is 0 Å². The predicted octanol–water partition coefficient (Wildman–Crippen LogP) is 3.38. The summed E-state index contributed by atoms with van der Waals surface area (Å²) in [6.45, 7) is 3.75. The van der Waals surface area contributed by atoms with Crippen LogP contribution >= 0.6 is 0 Å². The molecule has 5 rings (SSSR count). The molecule has 0 radical (unpaired) electrons. The van der Waals surface area contributed by atoms with E-state index in [2.05, 4.69) is 63.6 Å². The topological polar surface area (TPSA) is 55.9 Å². The number of nitrogens with one attached hydrogen (secondary N) is 1. The molecule has 0 unspecified atom stereocenters. The Morgan fingerprint density at radius 1 is 0.788 bits per heavy atom. The molecule has 6 nitrogen and oxygen atoms in total. The number of hydrogen-bond donors (Lipinski definition) is 1. The van der Waals surface area contributed by atoms with Gasteiger partial charge in [0, 0.05) is 26.2 Å². The maximum absolute atomic E-state index is 13.1. The second-order valence-corrected chi connectivity index (χ2v) is 8.58. The van der Waals surface area contributed by atoms with Crippen molar-refractivity contribution < 1.29 is 9.59 Å². The number of piperazine rings is 1. The number of amides is 2. The Morgan fingerprint density at radius 3 is 2.00 bits per heavy atom. The van der Waals surface area contributed by atoms with Gasteiger partial charge < -0.3 is 5.32 Å². The standard InChI is InChI=1S/C27H28N4O2/c32-25-19-31(24-14-8-7-13-23(24)28-25)26(33)20-29-15-17-30(18-16-29)27(21-9-3-1-4-10-21)22-11-5-2-6-12-22/h1-14,27H,15-20H2,(H,28,32). The van der Waals surface area contributed by atoms with E-state index in [9.17, 15) is 9.59 Å². The van der Waals surface area contributed by atoms with Crippen LogP contribution in [0, 0.1) is 0 Å². The van der Waals surface area contributed by atoms with Gasteiger partial charge in [0.25, 0.3) is 0 Å². The number of carbonyl (C=O) groups is 2. The minimum atomic E-state index is -0.152. The number of nitrogens with zero attached hydrogens (tertiary/aromatic N) is 3. The van der Waals surface area contributed by atoms with Crippen LogP contribution in [-0.4, -0.2) is 60.9 Å². The lowest BCUT2D eigenvalue weighted by atomic mass is 9.96. The molecule has 2 heterocycles. The molecule has 6 heteroatoms. The highest BCUT2D eigenvalue weighted by molar-refractivity contribution is 6.10. The van der Waals surface area contributed by atoms with Gasteiger partial charge in [-0.1, -0.05) is 72.8 Å². The largest absolute Gasteiger partial charge is 0.323 e. The van der Waals surface area contributed by atoms with Crippen molar-refractivity contribution in [2.75, 3.05) is 49.5 Å². The van der Waals surface area contributed by atoms with E-state index in [1.54, 1.807) is 4.90 Å². The molecule has 3 aromatic carbocycles. The summed E-state index contributed by atoms with van der Waals surface area (Å²) in [5.41, 5.74) is 4.03. The summed E-state index contributed by atoms with van der Waals surface area (Å²) < 4.78 is 0. The van der Waals surface area contributed by atoms with Crippen molar-refractivity contribution in [2.24, 2.45) is 0 Å². The van der Waals surface area contributed by atoms with Crippen molar-refractivity contribution in [2.45, 2.75) is 6.04 Å². The van der Waals surface area contributed by atoms with E-state index in [1.807, 2.05) is 36.4 Å². The molecule has 0 atom stereocenters. The fourth-order valence-electron chi connectivity index (χ4n) is 4.80. The van der Waals surface area contributed by atoms with Gasteiger partial charge >= 0.3 is 0 Å². The Bertz CT molecular complexity index is 1070. The molecule has 0 saturated carbocycles. The molecule has 168 valence electrons. The number of carbonyl (C=O) groups excluding carboxylic acids is 2. The molecule has 2 aliphatic rings.